The van der Waals surface area contributed by atoms with Gasteiger partial charge in [0, 0.05) is 37.2 Å². The predicted molar refractivity (Wildman–Crippen MR) is 112 cm³/mol. The predicted octanol–water partition coefficient (Wildman–Crippen LogP) is 4.40. The van der Waals surface area contributed by atoms with Crippen LogP contribution in [0.25, 0.3) is 0 Å². The van der Waals surface area contributed by atoms with Gasteiger partial charge in [-0.2, -0.15) is 11.8 Å². The average molecular weight is 394 g/mol. The third kappa shape index (κ3) is 5.85. The Labute approximate surface area is 166 Å². The number of amides is 1. The van der Waals surface area contributed by atoms with Crippen molar-refractivity contribution in [1.82, 2.24) is 9.88 Å². The molecule has 1 aromatic heterocycles. The first kappa shape index (κ1) is 21.0. The SMILES string of the molecule is CCCN(C(=O)C(C)CSC)C1=CC(CCc2cccnc2)CN=C1Cl. The number of hydrogen-bond acceptors (Lipinski definition) is 4. The number of aromatic nitrogens is 1. The van der Waals surface area contributed by atoms with E-state index in [9.17, 15) is 4.79 Å². The van der Waals surface area contributed by atoms with Crippen LogP contribution in [0.5, 0.6) is 0 Å². The lowest BCUT2D eigenvalue weighted by Crippen LogP contribution is -2.39. The number of halogens is 1. The molecule has 142 valence electrons. The topological polar surface area (TPSA) is 45.6 Å². The Bertz CT molecular complexity index is 648. The largest absolute Gasteiger partial charge is 0.310 e. The number of carbonyl (C=O) groups is 1. The molecule has 1 amide bonds. The number of pyridine rings is 1. The van der Waals surface area contributed by atoms with Crippen LogP contribution < -0.4 is 0 Å². The van der Waals surface area contributed by atoms with Crippen molar-refractivity contribution in [1.29, 1.82) is 0 Å². The minimum absolute atomic E-state index is 0.0299. The summed E-state index contributed by atoms with van der Waals surface area (Å²) in [7, 11) is 0. The smallest absolute Gasteiger partial charge is 0.230 e. The minimum Gasteiger partial charge on any atom is -0.310 e. The molecular formula is C20H28ClN3OS. The Morgan fingerprint density at radius 2 is 2.31 bits per heavy atom. The summed E-state index contributed by atoms with van der Waals surface area (Å²) in [5, 5.41) is 0.459. The lowest BCUT2D eigenvalue weighted by atomic mass is 9.97. The summed E-state index contributed by atoms with van der Waals surface area (Å²) >= 11 is 8.09. The van der Waals surface area contributed by atoms with Gasteiger partial charge in [0.1, 0.15) is 5.17 Å². The van der Waals surface area contributed by atoms with Gasteiger partial charge in [0.25, 0.3) is 0 Å². The van der Waals surface area contributed by atoms with Gasteiger partial charge in [-0.05, 0) is 43.1 Å². The van der Waals surface area contributed by atoms with E-state index >= 15 is 0 Å². The second-order valence-electron chi connectivity index (χ2n) is 6.69. The van der Waals surface area contributed by atoms with Crippen LogP contribution in [-0.4, -0.2) is 46.1 Å². The highest BCUT2D eigenvalue weighted by Gasteiger charge is 2.27. The first-order chi connectivity index (χ1) is 12.6. The molecule has 2 unspecified atom stereocenters. The number of rotatable bonds is 9. The molecule has 1 aromatic rings. The van der Waals surface area contributed by atoms with Crippen LogP contribution in [-0.2, 0) is 11.2 Å². The molecule has 2 rings (SSSR count). The number of aliphatic imine (C=N–C) groups is 1. The van der Waals surface area contributed by atoms with Crippen molar-refractivity contribution in [2.24, 2.45) is 16.8 Å². The normalized spacial score (nSPS) is 18.1. The number of allylic oxidation sites excluding steroid dienone is 1. The lowest BCUT2D eigenvalue weighted by molar-refractivity contribution is -0.132. The first-order valence-electron chi connectivity index (χ1n) is 9.18. The zero-order valence-corrected chi connectivity index (χ0v) is 17.4. The quantitative estimate of drug-likeness (QED) is 0.624. The van der Waals surface area contributed by atoms with Gasteiger partial charge in [0.2, 0.25) is 5.91 Å². The molecule has 2 atom stereocenters. The van der Waals surface area contributed by atoms with E-state index < -0.39 is 0 Å². The zero-order valence-electron chi connectivity index (χ0n) is 15.8. The van der Waals surface area contributed by atoms with Gasteiger partial charge in [0.15, 0.2) is 0 Å². The molecule has 0 bridgehead atoms. The summed E-state index contributed by atoms with van der Waals surface area (Å²) in [6, 6.07) is 4.05. The molecule has 2 heterocycles. The summed E-state index contributed by atoms with van der Waals surface area (Å²) in [4.78, 5) is 23.4. The molecule has 0 spiro atoms. The van der Waals surface area contributed by atoms with Gasteiger partial charge in [-0.25, -0.2) is 0 Å². The molecule has 0 aromatic carbocycles. The Hall–Kier alpha value is -1.33. The number of hydrogen-bond donors (Lipinski definition) is 0. The Morgan fingerprint density at radius 1 is 1.50 bits per heavy atom. The fourth-order valence-corrected chi connectivity index (χ4v) is 3.93. The van der Waals surface area contributed by atoms with E-state index in [0.717, 1.165) is 30.7 Å². The van der Waals surface area contributed by atoms with Crippen molar-refractivity contribution in [3.8, 4) is 0 Å². The van der Waals surface area contributed by atoms with Crippen LogP contribution in [0.3, 0.4) is 0 Å². The molecule has 1 aliphatic rings. The van der Waals surface area contributed by atoms with Gasteiger partial charge in [-0.15, -0.1) is 0 Å². The van der Waals surface area contributed by atoms with Crippen molar-refractivity contribution in [2.75, 3.05) is 25.1 Å². The van der Waals surface area contributed by atoms with Crippen LogP contribution >= 0.6 is 23.4 Å². The second-order valence-corrected chi connectivity index (χ2v) is 7.96. The molecule has 0 saturated carbocycles. The third-order valence-electron chi connectivity index (χ3n) is 4.44. The molecule has 4 nitrogen and oxygen atoms in total. The molecule has 0 saturated heterocycles. The van der Waals surface area contributed by atoms with Crippen molar-refractivity contribution >= 4 is 34.4 Å². The van der Waals surface area contributed by atoms with Gasteiger partial charge < -0.3 is 4.90 Å². The molecule has 1 aliphatic heterocycles. The van der Waals surface area contributed by atoms with Gasteiger partial charge in [-0.1, -0.05) is 37.6 Å². The summed E-state index contributed by atoms with van der Waals surface area (Å²) in [6.07, 6.45) is 10.7. The number of dihydropyridines is 1. The highest BCUT2D eigenvalue weighted by atomic mass is 35.5. The number of carbonyl (C=O) groups excluding carboxylic acids is 1. The van der Waals surface area contributed by atoms with Gasteiger partial charge in [0.05, 0.1) is 5.70 Å². The fraction of sp³-hybridized carbons (Fsp3) is 0.550. The maximum absolute atomic E-state index is 12.9. The molecule has 0 N–H and O–H groups in total. The van der Waals surface area contributed by atoms with Crippen molar-refractivity contribution < 1.29 is 4.79 Å². The summed E-state index contributed by atoms with van der Waals surface area (Å²) < 4.78 is 0. The lowest BCUT2D eigenvalue weighted by Gasteiger charge is -2.30. The number of nitrogens with zero attached hydrogens (tertiary/aromatic N) is 3. The van der Waals surface area contributed by atoms with Crippen LogP contribution in [0, 0.1) is 11.8 Å². The minimum atomic E-state index is -0.0299. The Morgan fingerprint density at radius 3 is 2.96 bits per heavy atom. The molecule has 0 radical (unpaired) electrons. The third-order valence-corrected chi connectivity index (χ3v) is 5.58. The monoisotopic (exact) mass is 393 g/mol. The van der Waals surface area contributed by atoms with E-state index in [1.165, 1.54) is 5.56 Å². The standard InChI is InChI=1S/C20H28ClN3OS/c1-4-10-24(20(25)15(2)14-26-3)18-11-17(13-23-19(18)21)8-7-16-6-5-9-22-12-16/h5-6,9,11-12,15,17H,4,7-8,10,13-14H2,1-3H3. The van der Waals surface area contributed by atoms with Crippen LogP contribution in [0.2, 0.25) is 0 Å². The van der Waals surface area contributed by atoms with E-state index in [2.05, 4.69) is 29.0 Å². The van der Waals surface area contributed by atoms with E-state index in [4.69, 9.17) is 11.6 Å². The molecule has 26 heavy (non-hydrogen) atoms. The van der Waals surface area contributed by atoms with Gasteiger partial charge >= 0.3 is 0 Å². The molecule has 6 heteroatoms. The van der Waals surface area contributed by atoms with Crippen molar-refractivity contribution in [3.63, 3.8) is 0 Å². The number of thioether (sulfide) groups is 1. The zero-order chi connectivity index (χ0) is 18.9. The van der Waals surface area contributed by atoms with Crippen molar-refractivity contribution in [3.05, 3.63) is 41.9 Å². The summed E-state index contributed by atoms with van der Waals surface area (Å²) in [5.74, 6) is 1.20. The first-order valence-corrected chi connectivity index (χ1v) is 10.9. The molecule has 0 fully saturated rings. The highest BCUT2D eigenvalue weighted by Crippen LogP contribution is 2.24. The summed E-state index contributed by atoms with van der Waals surface area (Å²) in [5.41, 5.74) is 2.01. The van der Waals surface area contributed by atoms with Crippen LogP contribution in [0.1, 0.15) is 32.3 Å². The Kier molecular flexibility index (Phi) is 8.66. The number of aryl methyl sites for hydroxylation is 1. The second kappa shape index (κ2) is 10.7. The average Bonchev–Trinajstić information content (AvgIpc) is 2.66. The molecule has 0 aliphatic carbocycles. The fourth-order valence-electron chi connectivity index (χ4n) is 3.06. The van der Waals surface area contributed by atoms with E-state index in [-0.39, 0.29) is 17.7 Å². The van der Waals surface area contributed by atoms with E-state index in [1.807, 2.05) is 30.3 Å². The van der Waals surface area contributed by atoms with Gasteiger partial charge in [-0.3, -0.25) is 14.8 Å². The maximum atomic E-state index is 12.9. The Balaban J connectivity index is 2.12. The highest BCUT2D eigenvalue weighted by molar-refractivity contribution is 7.98. The van der Waals surface area contributed by atoms with Crippen LogP contribution in [0.15, 0.2) is 41.3 Å². The van der Waals surface area contributed by atoms with E-state index in [1.54, 1.807) is 18.0 Å². The molecular weight excluding hydrogens is 366 g/mol. The van der Waals surface area contributed by atoms with Crippen LogP contribution in [0.4, 0.5) is 0 Å². The maximum Gasteiger partial charge on any atom is 0.230 e. The summed E-state index contributed by atoms with van der Waals surface area (Å²) in [6.45, 7) is 5.41. The van der Waals surface area contributed by atoms with E-state index in [0.29, 0.717) is 18.3 Å². The van der Waals surface area contributed by atoms with Crippen molar-refractivity contribution in [2.45, 2.75) is 33.1 Å².